The third-order valence-corrected chi connectivity index (χ3v) is 6.08. The largest absolute Gasteiger partial charge is 0.344 e. The monoisotopic (exact) mass is 348 g/mol. The Balaban J connectivity index is 1.84. The predicted octanol–water partition coefficient (Wildman–Crippen LogP) is 1.54. The molecule has 0 saturated carbocycles. The van der Waals surface area contributed by atoms with Crippen molar-refractivity contribution >= 4 is 27.3 Å². The van der Waals surface area contributed by atoms with E-state index in [0.29, 0.717) is 0 Å². The molecule has 7 heteroatoms. The second-order valence-electron chi connectivity index (χ2n) is 4.64. The van der Waals surface area contributed by atoms with Crippen LogP contribution in [0.3, 0.4) is 0 Å². The van der Waals surface area contributed by atoms with Gasteiger partial charge in [-0.25, -0.2) is 8.42 Å². The molecule has 0 aliphatic heterocycles. The van der Waals surface area contributed by atoms with Crippen molar-refractivity contribution in [3.05, 3.63) is 53.4 Å². The maximum Gasteiger partial charge on any atom is 0.252 e. The molecule has 1 aromatic carbocycles. The first-order valence-corrected chi connectivity index (χ1v) is 9.12. The zero-order chi connectivity index (χ0) is 16.7. The zero-order valence-corrected chi connectivity index (χ0v) is 14.2. The second kappa shape index (κ2) is 7.92. The molecule has 0 aliphatic rings. The Bertz CT molecular complexity index is 804. The first kappa shape index (κ1) is 17.2. The normalized spacial score (nSPS) is 10.9. The first-order valence-electron chi connectivity index (χ1n) is 6.80. The van der Waals surface area contributed by atoms with Crippen LogP contribution in [-0.2, 0) is 14.8 Å². The van der Waals surface area contributed by atoms with E-state index in [-0.39, 0.29) is 17.3 Å². The van der Waals surface area contributed by atoms with Crippen molar-refractivity contribution in [1.82, 2.24) is 9.62 Å². The highest BCUT2D eigenvalue weighted by Gasteiger charge is 2.23. The summed E-state index contributed by atoms with van der Waals surface area (Å²) in [5, 5.41) is 4.27. The van der Waals surface area contributed by atoms with Crippen molar-refractivity contribution in [3.63, 3.8) is 0 Å². The molecular weight excluding hydrogens is 332 g/mol. The standard InChI is InChI=1S/C16H16N2O3S2/c1-18(23(20,21)16-10-6-12-22-16)13-15(19)17-11-5-9-14-7-3-2-4-8-14/h2-4,6-8,10,12H,11,13H2,1H3,(H,17,19). The minimum absolute atomic E-state index is 0.167. The molecule has 1 aromatic heterocycles. The Morgan fingerprint density at radius 1 is 1.22 bits per heavy atom. The van der Waals surface area contributed by atoms with Gasteiger partial charge in [0.25, 0.3) is 10.0 Å². The van der Waals surface area contributed by atoms with Crippen LogP contribution in [0.2, 0.25) is 0 Å². The van der Waals surface area contributed by atoms with Crippen LogP contribution in [0.1, 0.15) is 5.56 Å². The lowest BCUT2D eigenvalue weighted by Gasteiger charge is -2.15. The van der Waals surface area contributed by atoms with Crippen molar-refractivity contribution in [1.29, 1.82) is 0 Å². The number of nitrogens with zero attached hydrogens (tertiary/aromatic N) is 1. The van der Waals surface area contributed by atoms with Gasteiger partial charge >= 0.3 is 0 Å². The van der Waals surface area contributed by atoms with E-state index < -0.39 is 15.9 Å². The number of benzene rings is 1. The third-order valence-electron chi connectivity index (χ3n) is 2.91. The molecule has 2 rings (SSSR count). The van der Waals surface area contributed by atoms with E-state index in [2.05, 4.69) is 17.2 Å². The van der Waals surface area contributed by atoms with Gasteiger partial charge in [0, 0.05) is 12.6 Å². The Kier molecular flexibility index (Phi) is 5.93. The molecule has 0 bridgehead atoms. The summed E-state index contributed by atoms with van der Waals surface area (Å²) in [4.78, 5) is 11.8. The van der Waals surface area contributed by atoms with Crippen LogP contribution in [-0.4, -0.2) is 38.8 Å². The van der Waals surface area contributed by atoms with Gasteiger partial charge in [0.2, 0.25) is 5.91 Å². The average Bonchev–Trinajstić information content (AvgIpc) is 3.07. The van der Waals surface area contributed by atoms with E-state index in [1.165, 1.54) is 13.1 Å². The number of carbonyl (C=O) groups excluding carboxylic acids is 1. The molecule has 1 amide bonds. The van der Waals surface area contributed by atoms with E-state index in [1.807, 2.05) is 30.3 Å². The number of likely N-dealkylation sites (N-methyl/N-ethyl adjacent to an activating group) is 1. The van der Waals surface area contributed by atoms with Gasteiger partial charge in [0.15, 0.2) is 0 Å². The zero-order valence-electron chi connectivity index (χ0n) is 12.5. The fourth-order valence-corrected chi connectivity index (χ4v) is 4.05. The van der Waals surface area contributed by atoms with Crippen molar-refractivity contribution < 1.29 is 13.2 Å². The summed E-state index contributed by atoms with van der Waals surface area (Å²) >= 11 is 1.12. The van der Waals surface area contributed by atoms with E-state index in [1.54, 1.807) is 11.4 Å². The highest BCUT2D eigenvalue weighted by molar-refractivity contribution is 7.91. The van der Waals surface area contributed by atoms with Gasteiger partial charge in [0.05, 0.1) is 13.1 Å². The van der Waals surface area contributed by atoms with Gasteiger partial charge in [0.1, 0.15) is 4.21 Å². The van der Waals surface area contributed by atoms with Gasteiger partial charge in [-0.1, -0.05) is 36.1 Å². The molecule has 0 atom stereocenters. The molecule has 2 aromatic rings. The van der Waals surface area contributed by atoms with Gasteiger partial charge in [-0.3, -0.25) is 4.79 Å². The van der Waals surface area contributed by atoms with Crippen molar-refractivity contribution in [3.8, 4) is 11.8 Å². The van der Waals surface area contributed by atoms with Crippen LogP contribution in [0, 0.1) is 11.8 Å². The topological polar surface area (TPSA) is 66.5 Å². The number of amides is 1. The second-order valence-corrected chi connectivity index (χ2v) is 7.86. The summed E-state index contributed by atoms with van der Waals surface area (Å²) in [7, 11) is -2.23. The average molecular weight is 348 g/mol. The minimum Gasteiger partial charge on any atom is -0.344 e. The lowest BCUT2D eigenvalue weighted by atomic mass is 10.2. The molecule has 1 N–H and O–H groups in total. The minimum atomic E-state index is -3.61. The smallest absolute Gasteiger partial charge is 0.252 e. The van der Waals surface area contributed by atoms with Crippen LogP contribution >= 0.6 is 11.3 Å². The Morgan fingerprint density at radius 3 is 2.61 bits per heavy atom. The molecule has 0 radical (unpaired) electrons. The fraction of sp³-hybridized carbons (Fsp3) is 0.188. The van der Waals surface area contributed by atoms with Gasteiger partial charge in [-0.2, -0.15) is 4.31 Å². The van der Waals surface area contributed by atoms with Crippen LogP contribution in [0.4, 0.5) is 0 Å². The maximum absolute atomic E-state index is 12.2. The lowest BCUT2D eigenvalue weighted by molar-refractivity contribution is -0.120. The summed E-state index contributed by atoms with van der Waals surface area (Å²) < 4.78 is 25.6. The number of rotatable bonds is 5. The summed E-state index contributed by atoms with van der Waals surface area (Å²) in [6.07, 6.45) is 0. The highest BCUT2D eigenvalue weighted by atomic mass is 32.2. The molecule has 0 unspecified atom stereocenters. The quantitative estimate of drug-likeness (QED) is 0.834. The van der Waals surface area contributed by atoms with Crippen molar-refractivity contribution in [2.75, 3.05) is 20.1 Å². The van der Waals surface area contributed by atoms with Gasteiger partial charge < -0.3 is 5.32 Å². The number of nitrogens with one attached hydrogen (secondary N) is 1. The maximum atomic E-state index is 12.2. The fourth-order valence-electron chi connectivity index (χ4n) is 1.72. The molecule has 1 heterocycles. The van der Waals surface area contributed by atoms with Crippen molar-refractivity contribution in [2.24, 2.45) is 0 Å². The summed E-state index contributed by atoms with van der Waals surface area (Å²) in [6.45, 7) is -0.0755. The Morgan fingerprint density at radius 2 is 1.96 bits per heavy atom. The third kappa shape index (κ3) is 4.93. The van der Waals surface area contributed by atoms with Crippen LogP contribution < -0.4 is 5.32 Å². The summed E-state index contributed by atoms with van der Waals surface area (Å²) in [5.74, 6) is 5.34. The van der Waals surface area contributed by atoms with E-state index in [9.17, 15) is 13.2 Å². The highest BCUT2D eigenvalue weighted by Crippen LogP contribution is 2.19. The lowest BCUT2D eigenvalue weighted by Crippen LogP contribution is -2.38. The molecule has 120 valence electrons. The molecular formula is C16H16N2O3S2. The Hall–Kier alpha value is -2.14. The molecule has 0 aliphatic carbocycles. The number of hydrogen-bond acceptors (Lipinski definition) is 4. The number of carbonyl (C=O) groups is 1. The van der Waals surface area contributed by atoms with Gasteiger partial charge in [-0.15, -0.1) is 11.3 Å². The molecule has 5 nitrogen and oxygen atoms in total. The summed E-state index contributed by atoms with van der Waals surface area (Å²) in [6, 6.07) is 12.6. The Labute approximate surface area is 140 Å². The van der Waals surface area contributed by atoms with Crippen LogP contribution in [0.25, 0.3) is 0 Å². The van der Waals surface area contributed by atoms with E-state index in [4.69, 9.17) is 0 Å². The number of thiophene rings is 1. The van der Waals surface area contributed by atoms with Crippen LogP contribution in [0.15, 0.2) is 52.1 Å². The van der Waals surface area contributed by atoms with E-state index in [0.717, 1.165) is 21.2 Å². The van der Waals surface area contributed by atoms with Gasteiger partial charge in [-0.05, 0) is 23.6 Å². The SMILES string of the molecule is CN(CC(=O)NCC#Cc1ccccc1)S(=O)(=O)c1cccs1. The first-order chi connectivity index (χ1) is 11.0. The molecule has 23 heavy (non-hydrogen) atoms. The van der Waals surface area contributed by atoms with Crippen LogP contribution in [0.5, 0.6) is 0 Å². The molecule has 0 fully saturated rings. The number of sulfonamides is 1. The molecule has 0 spiro atoms. The summed E-state index contributed by atoms with van der Waals surface area (Å²) in [5.41, 5.74) is 0.860. The number of hydrogen-bond donors (Lipinski definition) is 1. The predicted molar refractivity (Wildman–Crippen MR) is 90.5 cm³/mol. The molecule has 0 saturated heterocycles. The van der Waals surface area contributed by atoms with E-state index >= 15 is 0 Å². The van der Waals surface area contributed by atoms with Crippen molar-refractivity contribution in [2.45, 2.75) is 4.21 Å².